The van der Waals surface area contributed by atoms with Crippen LogP contribution in [-0.4, -0.2) is 47.9 Å². The molecule has 1 fully saturated rings. The predicted octanol–water partition coefficient (Wildman–Crippen LogP) is 3.42. The lowest BCUT2D eigenvalue weighted by atomic mass is 10.0. The summed E-state index contributed by atoms with van der Waals surface area (Å²) in [4.78, 5) is 31.5. The van der Waals surface area contributed by atoms with Gasteiger partial charge in [-0.15, -0.1) is 11.3 Å². The van der Waals surface area contributed by atoms with Gasteiger partial charge in [-0.05, 0) is 49.9 Å². The summed E-state index contributed by atoms with van der Waals surface area (Å²) in [6.07, 6.45) is 3.43. The number of hydrogen-bond acceptors (Lipinski definition) is 6. The second-order valence-electron chi connectivity index (χ2n) is 6.69. The Morgan fingerprint density at radius 3 is 2.79 bits per heavy atom. The van der Waals surface area contributed by atoms with Crippen LogP contribution in [-0.2, 0) is 4.79 Å². The Balaban J connectivity index is 1.68. The molecule has 2 N–H and O–H groups in total. The number of nitrogens with zero attached hydrogens (tertiary/aromatic N) is 2. The highest BCUT2D eigenvalue weighted by Gasteiger charge is 2.33. The van der Waals surface area contributed by atoms with E-state index < -0.39 is 6.04 Å². The van der Waals surface area contributed by atoms with Gasteiger partial charge in [-0.2, -0.15) is 0 Å². The number of carbonyl (C=O) groups is 2. The number of aromatic nitrogens is 1. The maximum absolute atomic E-state index is 13.0. The van der Waals surface area contributed by atoms with Crippen molar-refractivity contribution in [2.75, 3.05) is 25.5 Å². The van der Waals surface area contributed by atoms with Gasteiger partial charge in [-0.1, -0.05) is 6.92 Å². The maximum atomic E-state index is 13.0. The molecule has 7 nitrogen and oxygen atoms in total. The van der Waals surface area contributed by atoms with Crippen LogP contribution < -0.4 is 15.4 Å². The van der Waals surface area contributed by atoms with Crippen LogP contribution in [0.25, 0.3) is 0 Å². The third-order valence-corrected chi connectivity index (χ3v) is 5.44. The molecule has 3 rings (SSSR count). The first-order valence-electron chi connectivity index (χ1n) is 9.57. The van der Waals surface area contributed by atoms with Crippen LogP contribution in [0.2, 0.25) is 0 Å². The number of hydrogen-bond donors (Lipinski definition) is 2. The van der Waals surface area contributed by atoms with Gasteiger partial charge in [0.05, 0.1) is 7.11 Å². The third kappa shape index (κ3) is 4.81. The van der Waals surface area contributed by atoms with E-state index in [0.29, 0.717) is 30.3 Å². The first-order chi connectivity index (χ1) is 13.6. The number of benzene rings is 1. The molecule has 0 radical (unpaired) electrons. The molecule has 0 saturated carbocycles. The van der Waals surface area contributed by atoms with Crippen molar-refractivity contribution in [2.24, 2.45) is 0 Å². The highest BCUT2D eigenvalue weighted by molar-refractivity contribution is 7.14. The zero-order chi connectivity index (χ0) is 19.9. The Hall–Kier alpha value is -2.61. The molecule has 1 aliphatic heterocycles. The standard InChI is InChI=1S/C20H26N4O3S/c1-3-11-21-18(25)17-6-4-5-12-24(17)19(26)16-13-28-20(23-16)22-14-7-9-15(27-2)10-8-14/h7-10,13,17H,3-6,11-12H2,1-2H3,(H,21,25)(H,22,23). The molecule has 0 spiro atoms. The summed E-state index contributed by atoms with van der Waals surface area (Å²) in [5, 5.41) is 8.49. The molecule has 1 aliphatic rings. The third-order valence-electron chi connectivity index (χ3n) is 4.68. The number of carbonyl (C=O) groups excluding carboxylic acids is 2. The van der Waals surface area contributed by atoms with Gasteiger partial charge in [0, 0.05) is 24.2 Å². The van der Waals surface area contributed by atoms with Crippen LogP contribution in [0.3, 0.4) is 0 Å². The van der Waals surface area contributed by atoms with Crippen molar-refractivity contribution in [3.63, 3.8) is 0 Å². The van der Waals surface area contributed by atoms with Crippen molar-refractivity contribution in [1.82, 2.24) is 15.2 Å². The first-order valence-corrected chi connectivity index (χ1v) is 10.5. The smallest absolute Gasteiger partial charge is 0.274 e. The lowest BCUT2D eigenvalue weighted by Gasteiger charge is -2.34. The molecule has 150 valence electrons. The molecule has 0 bridgehead atoms. The van der Waals surface area contributed by atoms with Crippen molar-refractivity contribution in [2.45, 2.75) is 38.6 Å². The summed E-state index contributed by atoms with van der Waals surface area (Å²) in [5.74, 6) is 0.523. The van der Waals surface area contributed by atoms with Gasteiger partial charge in [0.1, 0.15) is 17.5 Å². The van der Waals surface area contributed by atoms with E-state index in [1.54, 1.807) is 17.4 Å². The molecule has 2 amide bonds. The number of anilines is 2. The molecule has 1 aromatic carbocycles. The van der Waals surface area contributed by atoms with Gasteiger partial charge in [-0.25, -0.2) is 4.98 Å². The topological polar surface area (TPSA) is 83.6 Å². The second kappa shape index (κ2) is 9.54. The highest BCUT2D eigenvalue weighted by atomic mass is 32.1. The van der Waals surface area contributed by atoms with Gasteiger partial charge in [-0.3, -0.25) is 9.59 Å². The summed E-state index contributed by atoms with van der Waals surface area (Å²) in [5.41, 5.74) is 1.24. The van der Waals surface area contributed by atoms with Crippen LogP contribution in [0.5, 0.6) is 5.75 Å². The van der Waals surface area contributed by atoms with Gasteiger partial charge in [0.2, 0.25) is 5.91 Å². The van der Waals surface area contributed by atoms with Crippen molar-refractivity contribution >= 4 is 34.0 Å². The molecule has 1 saturated heterocycles. The van der Waals surface area contributed by atoms with Crippen LogP contribution in [0.4, 0.5) is 10.8 Å². The first kappa shape index (κ1) is 20.1. The quantitative estimate of drug-likeness (QED) is 0.741. The normalized spacial score (nSPS) is 16.5. The van der Waals surface area contributed by atoms with E-state index in [9.17, 15) is 9.59 Å². The average Bonchev–Trinajstić information content (AvgIpc) is 3.20. The van der Waals surface area contributed by atoms with Crippen LogP contribution in [0, 0.1) is 0 Å². The molecule has 1 aromatic heterocycles. The SMILES string of the molecule is CCCNC(=O)C1CCCCN1C(=O)c1csc(Nc2ccc(OC)cc2)n1. The van der Waals surface area contributed by atoms with E-state index in [4.69, 9.17) is 4.74 Å². The fourth-order valence-electron chi connectivity index (χ4n) is 3.19. The molecule has 8 heteroatoms. The molecule has 1 unspecified atom stereocenters. The zero-order valence-electron chi connectivity index (χ0n) is 16.2. The molecule has 0 aliphatic carbocycles. The van der Waals surface area contributed by atoms with Crippen LogP contribution in [0.15, 0.2) is 29.6 Å². The van der Waals surface area contributed by atoms with E-state index in [1.807, 2.05) is 31.2 Å². The molecular weight excluding hydrogens is 376 g/mol. The lowest BCUT2D eigenvalue weighted by Crippen LogP contribution is -2.52. The highest BCUT2D eigenvalue weighted by Crippen LogP contribution is 2.25. The molecule has 1 atom stereocenters. The Kier molecular flexibility index (Phi) is 6.86. The Morgan fingerprint density at radius 2 is 2.07 bits per heavy atom. The minimum absolute atomic E-state index is 0.0679. The average molecular weight is 403 g/mol. The van der Waals surface area contributed by atoms with E-state index in [1.165, 1.54) is 11.3 Å². The number of piperidine rings is 1. The monoisotopic (exact) mass is 402 g/mol. The van der Waals surface area contributed by atoms with E-state index in [2.05, 4.69) is 15.6 Å². The summed E-state index contributed by atoms with van der Waals surface area (Å²) >= 11 is 1.37. The molecule has 28 heavy (non-hydrogen) atoms. The van der Waals surface area contributed by atoms with Gasteiger partial charge >= 0.3 is 0 Å². The number of amides is 2. The number of methoxy groups -OCH3 is 1. The second-order valence-corrected chi connectivity index (χ2v) is 7.55. The Bertz CT molecular complexity index is 806. The minimum atomic E-state index is -0.410. The van der Waals surface area contributed by atoms with E-state index in [0.717, 1.165) is 30.7 Å². The van der Waals surface area contributed by atoms with Crippen molar-refractivity contribution < 1.29 is 14.3 Å². The number of ether oxygens (including phenoxy) is 1. The van der Waals surface area contributed by atoms with Crippen LogP contribution in [0.1, 0.15) is 43.1 Å². The summed E-state index contributed by atoms with van der Waals surface area (Å²) in [7, 11) is 1.62. The molecular formula is C20H26N4O3S. The van der Waals surface area contributed by atoms with Gasteiger partial charge in [0.25, 0.3) is 5.91 Å². The van der Waals surface area contributed by atoms with Gasteiger partial charge < -0.3 is 20.3 Å². The molecule has 2 aromatic rings. The number of rotatable bonds is 7. The summed E-state index contributed by atoms with van der Waals surface area (Å²) < 4.78 is 5.15. The fraction of sp³-hybridized carbons (Fsp3) is 0.450. The van der Waals surface area contributed by atoms with E-state index >= 15 is 0 Å². The number of nitrogens with one attached hydrogen (secondary N) is 2. The maximum Gasteiger partial charge on any atom is 0.274 e. The summed E-state index contributed by atoms with van der Waals surface area (Å²) in [6.45, 7) is 3.22. The fourth-order valence-corrected chi connectivity index (χ4v) is 3.89. The number of likely N-dealkylation sites (tertiary alicyclic amines) is 1. The Morgan fingerprint density at radius 1 is 1.29 bits per heavy atom. The van der Waals surface area contributed by atoms with Crippen molar-refractivity contribution in [1.29, 1.82) is 0 Å². The van der Waals surface area contributed by atoms with Crippen molar-refractivity contribution in [3.8, 4) is 5.75 Å². The van der Waals surface area contributed by atoms with Crippen LogP contribution >= 0.6 is 11.3 Å². The van der Waals surface area contributed by atoms with Crippen molar-refractivity contribution in [3.05, 3.63) is 35.3 Å². The summed E-state index contributed by atoms with van der Waals surface area (Å²) in [6, 6.07) is 7.08. The Labute approximate surface area is 169 Å². The van der Waals surface area contributed by atoms with E-state index in [-0.39, 0.29) is 11.8 Å². The predicted molar refractivity (Wildman–Crippen MR) is 110 cm³/mol. The minimum Gasteiger partial charge on any atom is -0.497 e. The number of thiazole rings is 1. The van der Waals surface area contributed by atoms with Gasteiger partial charge in [0.15, 0.2) is 5.13 Å². The molecule has 2 heterocycles. The lowest BCUT2D eigenvalue weighted by molar-refractivity contribution is -0.126. The largest absolute Gasteiger partial charge is 0.497 e. The zero-order valence-corrected chi connectivity index (χ0v) is 17.1.